The third-order valence-corrected chi connectivity index (χ3v) is 9.67. The van der Waals surface area contributed by atoms with Crippen molar-refractivity contribution in [2.75, 3.05) is 5.32 Å². The van der Waals surface area contributed by atoms with Crippen LogP contribution in [0.25, 0.3) is 0 Å². The maximum Gasteiger partial charge on any atom is 0.237 e. The molecule has 2 saturated carbocycles. The van der Waals surface area contributed by atoms with Gasteiger partial charge in [-0.3, -0.25) is 14.9 Å². The van der Waals surface area contributed by atoms with Gasteiger partial charge in [0.05, 0.1) is 12.1 Å². The van der Waals surface area contributed by atoms with Gasteiger partial charge in [-0.05, 0) is 69.2 Å². The Morgan fingerprint density at radius 3 is 2.54 bits per heavy atom. The molecule has 9 heteroatoms. The molecule has 3 fully saturated rings. The maximum atomic E-state index is 16.7. The van der Waals surface area contributed by atoms with Gasteiger partial charge in [-0.15, -0.1) is 0 Å². The molecular weight excluding hydrogens is 540 g/mol. The summed E-state index contributed by atoms with van der Waals surface area (Å²) < 4.78 is 16.7. The summed E-state index contributed by atoms with van der Waals surface area (Å²) in [4.78, 5) is 28.3. The molecule has 212 valence electrons. The number of benzene rings is 1. The quantitative estimate of drug-likeness (QED) is 0.339. The van der Waals surface area contributed by atoms with Crippen LogP contribution in [0.15, 0.2) is 41.5 Å². The molecule has 39 heavy (non-hydrogen) atoms. The van der Waals surface area contributed by atoms with E-state index in [2.05, 4.69) is 16.0 Å². The number of hydrogen-bond donors (Lipinski definition) is 4. The minimum atomic E-state index is -1.61. The Labute approximate surface area is 239 Å². The van der Waals surface area contributed by atoms with E-state index < -0.39 is 29.1 Å². The van der Waals surface area contributed by atoms with Crippen LogP contribution in [0.4, 0.5) is 10.1 Å². The van der Waals surface area contributed by atoms with Crippen molar-refractivity contribution in [2.24, 2.45) is 5.92 Å². The Bertz CT molecular complexity index is 1150. The third kappa shape index (κ3) is 5.16. The van der Waals surface area contributed by atoms with Gasteiger partial charge in [-0.25, -0.2) is 4.39 Å². The largest absolute Gasteiger partial charge is 0.393 e. The van der Waals surface area contributed by atoms with E-state index in [4.69, 9.17) is 23.2 Å². The smallest absolute Gasteiger partial charge is 0.237 e. The number of carbonyl (C=O) groups is 2. The lowest BCUT2D eigenvalue weighted by Gasteiger charge is -2.44. The van der Waals surface area contributed by atoms with Gasteiger partial charge in [0.15, 0.2) is 0 Å². The second-order valence-corrected chi connectivity index (χ2v) is 12.7. The van der Waals surface area contributed by atoms with Crippen molar-refractivity contribution >= 4 is 40.7 Å². The number of aliphatic hydroxyl groups excluding tert-OH is 1. The average molecular weight is 579 g/mol. The number of hydrogen-bond acceptors (Lipinski definition) is 4. The number of alkyl halides is 1. The molecule has 4 atom stereocenters. The van der Waals surface area contributed by atoms with Crippen LogP contribution in [0.1, 0.15) is 76.7 Å². The number of allylic oxidation sites excluding steroid dienone is 4. The highest BCUT2D eigenvalue weighted by Crippen LogP contribution is 2.60. The first kappa shape index (κ1) is 28.6. The molecule has 4 aliphatic rings. The van der Waals surface area contributed by atoms with E-state index in [9.17, 15) is 14.7 Å². The highest BCUT2D eigenvalue weighted by Gasteiger charge is 2.72. The zero-order valence-electron chi connectivity index (χ0n) is 22.3. The van der Waals surface area contributed by atoms with Crippen molar-refractivity contribution in [2.45, 2.75) is 106 Å². The van der Waals surface area contributed by atoms with Crippen LogP contribution in [-0.4, -0.2) is 46.8 Å². The van der Waals surface area contributed by atoms with E-state index >= 15 is 4.39 Å². The van der Waals surface area contributed by atoms with Gasteiger partial charge in [-0.2, -0.15) is 0 Å². The Kier molecular flexibility index (Phi) is 8.44. The lowest BCUT2D eigenvalue weighted by atomic mass is 9.57. The number of fused-ring (bicyclic) bond motifs is 3. The second kappa shape index (κ2) is 11.5. The summed E-state index contributed by atoms with van der Waals surface area (Å²) in [5, 5.41) is 20.7. The van der Waals surface area contributed by atoms with Gasteiger partial charge in [0, 0.05) is 33.2 Å². The molecular formula is C30H38Cl2FN3O3. The molecule has 6 nitrogen and oxygen atoms in total. The molecule has 4 N–H and O–H groups in total. The van der Waals surface area contributed by atoms with E-state index in [0.29, 0.717) is 59.8 Å². The fourth-order valence-corrected chi connectivity index (χ4v) is 7.88. The van der Waals surface area contributed by atoms with Gasteiger partial charge in [0.1, 0.15) is 11.6 Å². The molecule has 0 aromatic heterocycles. The molecule has 2 aliphatic carbocycles. The van der Waals surface area contributed by atoms with Gasteiger partial charge < -0.3 is 15.7 Å². The average Bonchev–Trinajstić information content (AvgIpc) is 3.21. The van der Waals surface area contributed by atoms with Gasteiger partial charge in [0.25, 0.3) is 0 Å². The number of nitrogens with one attached hydrogen (secondary N) is 3. The zero-order valence-corrected chi connectivity index (χ0v) is 23.8. The van der Waals surface area contributed by atoms with Crippen LogP contribution >= 0.6 is 23.2 Å². The lowest BCUT2D eigenvalue weighted by Crippen LogP contribution is -2.60. The van der Waals surface area contributed by atoms with Crippen LogP contribution < -0.4 is 16.0 Å². The normalized spacial score (nSPS) is 33.3. The predicted molar refractivity (Wildman–Crippen MR) is 153 cm³/mol. The van der Waals surface area contributed by atoms with Crippen LogP contribution in [0, 0.1) is 5.92 Å². The number of amides is 2. The first-order valence-corrected chi connectivity index (χ1v) is 15.0. The molecule has 1 aromatic carbocycles. The summed E-state index contributed by atoms with van der Waals surface area (Å²) in [5.74, 6) is -1.57. The molecule has 1 saturated heterocycles. The van der Waals surface area contributed by atoms with Gasteiger partial charge >= 0.3 is 0 Å². The summed E-state index contributed by atoms with van der Waals surface area (Å²) >= 11 is 12.3. The van der Waals surface area contributed by atoms with E-state index in [1.54, 1.807) is 31.2 Å². The van der Waals surface area contributed by atoms with Crippen molar-refractivity contribution in [1.82, 2.24) is 10.6 Å². The van der Waals surface area contributed by atoms with E-state index in [1.165, 1.54) is 6.08 Å². The number of carbonyl (C=O) groups excluding carboxylic acids is 2. The number of rotatable bonds is 5. The highest BCUT2D eigenvalue weighted by molar-refractivity contribution is 6.31. The number of halogens is 3. The Morgan fingerprint density at radius 2 is 1.87 bits per heavy atom. The summed E-state index contributed by atoms with van der Waals surface area (Å²) in [6, 6.07) is 4.27. The van der Waals surface area contributed by atoms with Crippen molar-refractivity contribution in [1.29, 1.82) is 0 Å². The minimum absolute atomic E-state index is 0.0936. The van der Waals surface area contributed by atoms with Crippen LogP contribution in [0.2, 0.25) is 5.02 Å². The Morgan fingerprint density at radius 1 is 1.18 bits per heavy atom. The maximum absolute atomic E-state index is 16.7. The van der Waals surface area contributed by atoms with Crippen molar-refractivity contribution in [3.05, 3.63) is 52.0 Å². The first-order valence-electron chi connectivity index (χ1n) is 14.2. The second-order valence-electron chi connectivity index (χ2n) is 11.7. The number of aliphatic hydroxyl groups is 1. The lowest BCUT2D eigenvalue weighted by molar-refractivity contribution is -0.127. The zero-order chi connectivity index (χ0) is 27.8. The van der Waals surface area contributed by atoms with Crippen molar-refractivity contribution in [3.63, 3.8) is 0 Å². The van der Waals surface area contributed by atoms with E-state index in [1.807, 2.05) is 6.07 Å². The predicted octanol–water partition coefficient (Wildman–Crippen LogP) is 5.67. The standard InChI is InChI=1S/C30H38Cl2FN3O3/c1-18(31)7-6-8-23(33)25-26(27(38)34-20-10-12-21(37)13-11-20)36-29(15-4-2-3-5-16-29)30(25)22-14-9-19(32)17-24(22)35-28(30)39/h6-9,14,17,20-21,23,25-26,36-37H,2-5,10-13,15-16H2,1H3,(H,34,38)(H,35,39). The SMILES string of the molecule is CC(Cl)=CC=CC(F)C1C(C(=O)NC2CCC(O)CC2)NC2(CCCCCC2)C12C(=O)Nc1cc(Cl)ccc12. The van der Waals surface area contributed by atoms with E-state index in [-0.39, 0.29) is 24.0 Å². The minimum Gasteiger partial charge on any atom is -0.393 e. The van der Waals surface area contributed by atoms with Crippen molar-refractivity contribution < 1.29 is 19.1 Å². The molecule has 0 bridgehead atoms. The topological polar surface area (TPSA) is 90.5 Å². The Balaban J connectivity index is 1.63. The highest BCUT2D eigenvalue weighted by atomic mass is 35.5. The molecule has 2 spiro atoms. The number of anilines is 1. The summed E-state index contributed by atoms with van der Waals surface area (Å²) in [5.41, 5.74) is -0.810. The summed E-state index contributed by atoms with van der Waals surface area (Å²) in [6.45, 7) is 1.71. The van der Waals surface area contributed by atoms with Gasteiger partial charge in [0.2, 0.25) is 11.8 Å². The van der Waals surface area contributed by atoms with Crippen LogP contribution in [-0.2, 0) is 15.0 Å². The van der Waals surface area contributed by atoms with Crippen LogP contribution in [0.3, 0.4) is 0 Å². The van der Waals surface area contributed by atoms with E-state index in [0.717, 1.165) is 25.7 Å². The molecule has 2 aliphatic heterocycles. The fourth-order valence-electron chi connectivity index (χ4n) is 7.63. The molecule has 2 heterocycles. The first-order chi connectivity index (χ1) is 18.7. The molecule has 0 radical (unpaired) electrons. The summed E-state index contributed by atoms with van der Waals surface area (Å²) in [7, 11) is 0. The molecule has 4 unspecified atom stereocenters. The Hall–Kier alpha value is -1.93. The summed E-state index contributed by atoms with van der Waals surface area (Å²) in [6.07, 6.45) is 10.3. The fraction of sp³-hybridized carbons (Fsp3) is 0.600. The molecule has 5 rings (SSSR count). The molecule has 1 aromatic rings. The monoisotopic (exact) mass is 577 g/mol. The van der Waals surface area contributed by atoms with Gasteiger partial charge in [-0.1, -0.05) is 67.1 Å². The third-order valence-electron chi connectivity index (χ3n) is 9.31. The molecule has 2 amide bonds. The van der Waals surface area contributed by atoms with Crippen molar-refractivity contribution in [3.8, 4) is 0 Å². The van der Waals surface area contributed by atoms with Crippen LogP contribution in [0.5, 0.6) is 0 Å².